The highest BCUT2D eigenvalue weighted by atomic mass is 35.5. The number of amides is 3. The van der Waals surface area contributed by atoms with Gasteiger partial charge in [-0.15, -0.1) is 11.8 Å². The number of nitrogens with one attached hydrogen (secondary N) is 2. The number of aromatic nitrogens is 1. The first-order valence-electron chi connectivity index (χ1n) is 11.9. The van der Waals surface area contributed by atoms with E-state index >= 15 is 0 Å². The third kappa shape index (κ3) is 4.59. The molecule has 2 aliphatic rings. The topological polar surface area (TPSA) is 175 Å². The molecule has 0 saturated carbocycles. The van der Waals surface area contributed by atoms with Crippen LogP contribution in [0.3, 0.4) is 0 Å². The van der Waals surface area contributed by atoms with Gasteiger partial charge in [0.05, 0.1) is 16.8 Å². The summed E-state index contributed by atoms with van der Waals surface area (Å²) in [6, 6.07) is 7.25. The lowest BCUT2D eigenvalue weighted by molar-refractivity contribution is -0.161. The Labute approximate surface area is 231 Å². The number of phenolic OH excluding ortho intramolecular Hbond substituents is 1. The van der Waals surface area contributed by atoms with Crippen LogP contribution < -0.4 is 16.4 Å². The normalized spacial score (nSPS) is 22.1. The first-order chi connectivity index (χ1) is 18.4. The van der Waals surface area contributed by atoms with Crippen LogP contribution in [0.1, 0.15) is 35.8 Å². The maximum atomic E-state index is 13.5. The number of aromatic hydroxyl groups is 1. The third-order valence-corrected chi connectivity index (χ3v) is 8.66. The quantitative estimate of drug-likeness (QED) is 0.279. The van der Waals surface area contributed by atoms with Crippen molar-refractivity contribution in [2.24, 2.45) is 0 Å². The van der Waals surface area contributed by atoms with Crippen molar-refractivity contribution in [2.75, 3.05) is 5.73 Å². The number of halogens is 1. The van der Waals surface area contributed by atoms with Gasteiger partial charge in [0, 0.05) is 21.4 Å². The van der Waals surface area contributed by atoms with Crippen LogP contribution in [0.4, 0.5) is 5.69 Å². The Balaban J connectivity index is 1.41. The maximum Gasteiger partial charge on any atom is 0.327 e. The zero-order chi connectivity index (χ0) is 28.2. The van der Waals surface area contributed by atoms with Gasteiger partial charge in [-0.2, -0.15) is 0 Å². The molecule has 3 heterocycles. The molecular formula is C26H24ClN5O6S. The second-order valence-electron chi connectivity index (χ2n) is 9.83. The number of nitrogens with zero attached hydrogens (tertiary/aromatic N) is 2. The summed E-state index contributed by atoms with van der Waals surface area (Å²) >= 11 is 7.30. The molecule has 2 aromatic carbocycles. The van der Waals surface area contributed by atoms with E-state index in [0.29, 0.717) is 21.5 Å². The average Bonchev–Trinajstić information content (AvgIpc) is 3.14. The maximum absolute atomic E-state index is 13.5. The SMILES string of the molecule is CC1(C)S[C@@H]2C(NC(=O)C(NC(=O)c3cnc4cc(Cl)ccc4c3N)c3ccc(O)cc3)C(=O)N2[C@H]1C(=O)O. The third-order valence-electron chi connectivity index (χ3n) is 6.85. The Morgan fingerprint density at radius 3 is 2.54 bits per heavy atom. The number of rotatable bonds is 6. The molecule has 5 rings (SSSR count). The summed E-state index contributed by atoms with van der Waals surface area (Å²) in [6.45, 7) is 3.46. The Hall–Kier alpha value is -4.03. The Morgan fingerprint density at radius 1 is 1.18 bits per heavy atom. The highest BCUT2D eigenvalue weighted by Crippen LogP contribution is 2.50. The van der Waals surface area contributed by atoms with Gasteiger partial charge in [0.25, 0.3) is 5.91 Å². The highest BCUT2D eigenvalue weighted by Gasteiger charge is 2.64. The molecule has 202 valence electrons. The number of fused-ring (bicyclic) bond motifs is 2. The van der Waals surface area contributed by atoms with Crippen LogP contribution in [0.15, 0.2) is 48.7 Å². The van der Waals surface area contributed by atoms with Crippen LogP contribution in [-0.4, -0.2) is 66.0 Å². The van der Waals surface area contributed by atoms with E-state index in [0.717, 1.165) is 0 Å². The van der Waals surface area contributed by atoms with E-state index in [4.69, 9.17) is 17.3 Å². The van der Waals surface area contributed by atoms with Gasteiger partial charge in [-0.25, -0.2) is 4.79 Å². The smallest absolute Gasteiger partial charge is 0.327 e. The molecule has 39 heavy (non-hydrogen) atoms. The van der Waals surface area contributed by atoms with Crippen molar-refractivity contribution < 1.29 is 29.4 Å². The summed E-state index contributed by atoms with van der Waals surface area (Å²) in [4.78, 5) is 57.0. The standard InChI is InChI=1S/C26H24ClN5O6S/c1-26(2)20(25(37)38)32-23(36)19(24(32)39-26)31-22(35)18(11-3-6-13(33)7-4-11)30-21(34)15-10-29-16-9-12(27)5-8-14(16)17(15)28/h3-10,18-20,24,33H,1-2H3,(H2,28,29)(H,30,34)(H,31,35)(H,37,38)/t18?,19?,20-,24+/m0/s1. The number of hydrogen-bond donors (Lipinski definition) is 5. The number of pyridine rings is 1. The number of carbonyl (C=O) groups excluding carboxylic acids is 3. The van der Waals surface area contributed by atoms with Gasteiger partial charge in [-0.3, -0.25) is 19.4 Å². The zero-order valence-corrected chi connectivity index (χ0v) is 22.3. The molecule has 0 radical (unpaired) electrons. The largest absolute Gasteiger partial charge is 0.508 e. The number of anilines is 1. The second kappa shape index (κ2) is 9.62. The average molecular weight is 570 g/mol. The molecule has 0 bridgehead atoms. The number of β-lactam (4-membered cyclic amide) rings is 1. The Morgan fingerprint density at radius 2 is 1.87 bits per heavy atom. The summed E-state index contributed by atoms with van der Waals surface area (Å²) in [5, 5.41) is 25.1. The van der Waals surface area contributed by atoms with Gasteiger partial charge in [-0.05, 0) is 49.7 Å². The molecular weight excluding hydrogens is 546 g/mol. The first-order valence-corrected chi connectivity index (χ1v) is 13.1. The van der Waals surface area contributed by atoms with Gasteiger partial charge in [0.1, 0.15) is 29.2 Å². The van der Waals surface area contributed by atoms with E-state index in [9.17, 15) is 29.4 Å². The summed E-state index contributed by atoms with van der Waals surface area (Å²) < 4.78 is -0.763. The summed E-state index contributed by atoms with van der Waals surface area (Å²) in [6.07, 6.45) is 1.28. The van der Waals surface area contributed by atoms with Crippen LogP contribution in [0.25, 0.3) is 10.9 Å². The fraction of sp³-hybridized carbons (Fsp3) is 0.269. The van der Waals surface area contributed by atoms with Gasteiger partial charge in [0.2, 0.25) is 11.8 Å². The molecule has 4 atom stereocenters. The van der Waals surface area contributed by atoms with E-state index in [-0.39, 0.29) is 17.0 Å². The summed E-state index contributed by atoms with van der Waals surface area (Å²) in [7, 11) is 0. The molecule has 2 saturated heterocycles. The van der Waals surface area contributed by atoms with Crippen molar-refractivity contribution in [3.05, 3.63) is 64.8 Å². The molecule has 0 spiro atoms. The number of nitrogen functional groups attached to an aromatic ring is 1. The number of carboxylic acids is 1. The molecule has 0 aliphatic carbocycles. The number of aliphatic carboxylic acids is 1. The van der Waals surface area contributed by atoms with Crippen molar-refractivity contribution in [3.63, 3.8) is 0 Å². The fourth-order valence-corrected chi connectivity index (χ4v) is 6.72. The van der Waals surface area contributed by atoms with Crippen molar-refractivity contribution in [1.82, 2.24) is 20.5 Å². The van der Waals surface area contributed by atoms with Crippen LogP contribution in [0.2, 0.25) is 5.02 Å². The number of hydrogen-bond acceptors (Lipinski definition) is 8. The molecule has 1 aromatic heterocycles. The number of thioether (sulfide) groups is 1. The predicted molar refractivity (Wildman–Crippen MR) is 145 cm³/mol. The molecule has 3 amide bonds. The molecule has 2 unspecified atom stereocenters. The first kappa shape index (κ1) is 26.6. The van der Waals surface area contributed by atoms with Gasteiger partial charge >= 0.3 is 5.97 Å². The van der Waals surface area contributed by atoms with Crippen LogP contribution in [0, 0.1) is 0 Å². The van der Waals surface area contributed by atoms with Gasteiger partial charge < -0.3 is 31.5 Å². The van der Waals surface area contributed by atoms with E-state index in [1.807, 2.05) is 0 Å². The minimum absolute atomic E-state index is 0.0321. The number of nitrogens with two attached hydrogens (primary N) is 1. The van der Waals surface area contributed by atoms with E-state index in [1.165, 1.54) is 47.1 Å². The number of phenols is 1. The second-order valence-corrected chi connectivity index (χ2v) is 12.0. The number of carbonyl (C=O) groups is 4. The zero-order valence-electron chi connectivity index (χ0n) is 20.7. The van der Waals surface area contributed by atoms with E-state index < -0.39 is 51.9 Å². The monoisotopic (exact) mass is 569 g/mol. The van der Waals surface area contributed by atoms with Crippen molar-refractivity contribution in [2.45, 2.75) is 42.1 Å². The fourth-order valence-electron chi connectivity index (χ4n) is 4.93. The van der Waals surface area contributed by atoms with Crippen molar-refractivity contribution in [3.8, 4) is 5.75 Å². The van der Waals surface area contributed by atoms with Crippen molar-refractivity contribution >= 4 is 63.6 Å². The molecule has 3 aromatic rings. The molecule has 2 fully saturated rings. The van der Waals surface area contributed by atoms with Crippen LogP contribution in [-0.2, 0) is 14.4 Å². The lowest BCUT2D eigenvalue weighted by Gasteiger charge is -2.44. The predicted octanol–water partition coefficient (Wildman–Crippen LogP) is 2.28. The minimum atomic E-state index is -1.27. The van der Waals surface area contributed by atoms with Crippen LogP contribution in [0.5, 0.6) is 5.75 Å². The van der Waals surface area contributed by atoms with Gasteiger partial charge in [-0.1, -0.05) is 23.7 Å². The molecule has 11 nitrogen and oxygen atoms in total. The molecule has 13 heteroatoms. The van der Waals surface area contributed by atoms with Crippen LogP contribution >= 0.6 is 23.4 Å². The van der Waals surface area contributed by atoms with Gasteiger partial charge in [0.15, 0.2) is 0 Å². The Kier molecular flexibility index (Phi) is 6.55. The summed E-state index contributed by atoms with van der Waals surface area (Å²) in [5.74, 6) is -3.06. The van der Waals surface area contributed by atoms with E-state index in [2.05, 4.69) is 15.6 Å². The Bertz CT molecular complexity index is 1530. The number of benzene rings is 2. The lowest BCUT2D eigenvalue weighted by Crippen LogP contribution is -2.71. The van der Waals surface area contributed by atoms with E-state index in [1.54, 1.807) is 32.0 Å². The molecule has 6 N–H and O–H groups in total. The minimum Gasteiger partial charge on any atom is -0.508 e. The van der Waals surface area contributed by atoms with Crippen molar-refractivity contribution in [1.29, 1.82) is 0 Å². The lowest BCUT2D eigenvalue weighted by atomic mass is 9.95. The number of carboxylic acid groups (broad SMARTS) is 1. The molecule has 2 aliphatic heterocycles. The highest BCUT2D eigenvalue weighted by molar-refractivity contribution is 8.01. The summed E-state index contributed by atoms with van der Waals surface area (Å²) in [5.41, 5.74) is 7.26.